The molecule has 0 atom stereocenters. The molecule has 2 aromatic rings. The summed E-state index contributed by atoms with van der Waals surface area (Å²) in [4.78, 5) is 0. The van der Waals surface area contributed by atoms with Gasteiger partial charge < -0.3 is 15.2 Å². The zero-order valence-electron chi connectivity index (χ0n) is 10.3. The Morgan fingerprint density at radius 1 is 1.26 bits per heavy atom. The molecule has 0 unspecified atom stereocenters. The molecule has 2 aromatic carbocycles. The Kier molecular flexibility index (Phi) is 4.56. The van der Waals surface area contributed by atoms with Gasteiger partial charge in [-0.05, 0) is 36.4 Å². The third kappa shape index (κ3) is 3.55. The average molecular weight is 343 g/mol. The van der Waals surface area contributed by atoms with Crippen LogP contribution in [-0.2, 0) is 6.54 Å². The molecule has 0 radical (unpaired) electrons. The Morgan fingerprint density at radius 3 is 2.79 bits per heavy atom. The highest BCUT2D eigenvalue weighted by Gasteiger charge is 2.06. The van der Waals surface area contributed by atoms with Crippen LogP contribution in [0.5, 0.6) is 11.5 Å². The highest BCUT2D eigenvalue weighted by atomic mass is 79.9. The van der Waals surface area contributed by atoms with Crippen LogP contribution in [0.3, 0.4) is 0 Å². The van der Waals surface area contributed by atoms with Crippen LogP contribution in [0, 0.1) is 0 Å². The highest BCUT2D eigenvalue weighted by Crippen LogP contribution is 2.29. The normalized spacial score (nSPS) is 10.3. The van der Waals surface area contributed by atoms with Crippen LogP contribution in [-0.4, -0.2) is 12.2 Å². The predicted octanol–water partition coefficient (Wildman–Crippen LogP) is 4.43. The number of phenolic OH excluding ortho intramolecular Hbond substituents is 1. The van der Waals surface area contributed by atoms with Crippen molar-refractivity contribution in [1.29, 1.82) is 0 Å². The van der Waals surface area contributed by atoms with Gasteiger partial charge in [0.05, 0.1) is 12.8 Å². The van der Waals surface area contributed by atoms with Crippen molar-refractivity contribution in [2.24, 2.45) is 0 Å². The van der Waals surface area contributed by atoms with E-state index >= 15 is 0 Å². The molecule has 0 heterocycles. The Labute approximate surface area is 125 Å². The summed E-state index contributed by atoms with van der Waals surface area (Å²) in [7, 11) is 1.62. The smallest absolute Gasteiger partial charge is 0.142 e. The summed E-state index contributed by atoms with van der Waals surface area (Å²) >= 11 is 9.32. The van der Waals surface area contributed by atoms with Crippen LogP contribution < -0.4 is 10.1 Å². The lowest BCUT2D eigenvalue weighted by Gasteiger charge is -2.12. The summed E-state index contributed by atoms with van der Waals surface area (Å²) in [5.41, 5.74) is 1.57. The number of rotatable bonds is 4. The van der Waals surface area contributed by atoms with Crippen LogP contribution >= 0.6 is 27.5 Å². The van der Waals surface area contributed by atoms with Crippen LogP contribution in [0.4, 0.5) is 5.69 Å². The Balaban J connectivity index is 2.18. The number of methoxy groups -OCH3 is 1. The second kappa shape index (κ2) is 6.17. The second-order valence-corrected chi connectivity index (χ2v) is 5.32. The van der Waals surface area contributed by atoms with Gasteiger partial charge in [0.1, 0.15) is 11.5 Å². The van der Waals surface area contributed by atoms with Gasteiger partial charge >= 0.3 is 0 Å². The topological polar surface area (TPSA) is 41.5 Å². The molecule has 0 aliphatic heterocycles. The molecular weight excluding hydrogens is 330 g/mol. The molecule has 0 aliphatic rings. The third-order valence-corrected chi connectivity index (χ3v) is 3.40. The Bertz CT molecular complexity index is 590. The van der Waals surface area contributed by atoms with E-state index in [1.165, 1.54) is 0 Å². The van der Waals surface area contributed by atoms with Gasteiger partial charge in [-0.3, -0.25) is 0 Å². The third-order valence-electron chi connectivity index (χ3n) is 2.67. The molecule has 0 saturated carbocycles. The number of hydrogen-bond donors (Lipinski definition) is 2. The van der Waals surface area contributed by atoms with Crippen molar-refractivity contribution in [2.75, 3.05) is 12.4 Å². The lowest BCUT2D eigenvalue weighted by atomic mass is 10.2. The van der Waals surface area contributed by atoms with E-state index in [4.69, 9.17) is 16.3 Å². The Morgan fingerprint density at radius 2 is 2.05 bits per heavy atom. The van der Waals surface area contributed by atoms with Crippen molar-refractivity contribution in [3.05, 3.63) is 51.5 Å². The highest BCUT2D eigenvalue weighted by molar-refractivity contribution is 9.10. The first-order valence-corrected chi connectivity index (χ1v) is 6.82. The summed E-state index contributed by atoms with van der Waals surface area (Å²) in [5.74, 6) is 0.954. The standard InChI is InChI=1S/C14H13BrClNO2/c1-19-14-5-2-10(15)7-12(14)17-8-9-6-11(16)3-4-13(9)18/h2-7,17-18H,8H2,1H3. The lowest BCUT2D eigenvalue weighted by molar-refractivity contribution is 0.416. The lowest BCUT2D eigenvalue weighted by Crippen LogP contribution is -2.01. The van der Waals surface area contributed by atoms with Crippen LogP contribution in [0.2, 0.25) is 5.02 Å². The van der Waals surface area contributed by atoms with Gasteiger partial charge in [-0.15, -0.1) is 0 Å². The molecule has 0 fully saturated rings. The quantitative estimate of drug-likeness (QED) is 0.863. The summed E-state index contributed by atoms with van der Waals surface area (Å²) in [5, 5.41) is 13.6. The predicted molar refractivity (Wildman–Crippen MR) is 81.1 cm³/mol. The van der Waals surface area contributed by atoms with Gasteiger partial charge in [0.15, 0.2) is 0 Å². The van der Waals surface area contributed by atoms with Gasteiger partial charge in [0, 0.05) is 21.6 Å². The number of hydrogen-bond acceptors (Lipinski definition) is 3. The first kappa shape index (κ1) is 14.0. The van der Waals surface area contributed by atoms with Crippen LogP contribution in [0.25, 0.3) is 0 Å². The fourth-order valence-electron chi connectivity index (χ4n) is 1.70. The van der Waals surface area contributed by atoms with E-state index in [1.807, 2.05) is 18.2 Å². The van der Waals surface area contributed by atoms with E-state index in [-0.39, 0.29) is 5.75 Å². The van der Waals surface area contributed by atoms with Gasteiger partial charge in [-0.25, -0.2) is 0 Å². The number of aromatic hydroxyl groups is 1. The number of ether oxygens (including phenoxy) is 1. The van der Waals surface area contributed by atoms with Crippen molar-refractivity contribution in [3.8, 4) is 11.5 Å². The fourth-order valence-corrected chi connectivity index (χ4v) is 2.26. The average Bonchev–Trinajstić information content (AvgIpc) is 2.40. The monoisotopic (exact) mass is 341 g/mol. The fraction of sp³-hybridized carbons (Fsp3) is 0.143. The number of phenols is 1. The molecular formula is C14H13BrClNO2. The summed E-state index contributed by atoms with van der Waals surface area (Å²) < 4.78 is 6.22. The minimum Gasteiger partial charge on any atom is -0.508 e. The molecule has 5 heteroatoms. The van der Waals surface area contributed by atoms with Crippen LogP contribution in [0.15, 0.2) is 40.9 Å². The van der Waals surface area contributed by atoms with E-state index in [2.05, 4.69) is 21.2 Å². The molecule has 19 heavy (non-hydrogen) atoms. The summed E-state index contributed by atoms with van der Waals surface area (Å²) in [6, 6.07) is 10.7. The second-order valence-electron chi connectivity index (χ2n) is 3.97. The molecule has 0 aromatic heterocycles. The largest absolute Gasteiger partial charge is 0.508 e. The SMILES string of the molecule is COc1ccc(Br)cc1NCc1cc(Cl)ccc1O. The van der Waals surface area contributed by atoms with Crippen LogP contribution in [0.1, 0.15) is 5.56 Å². The van der Waals surface area contributed by atoms with Gasteiger partial charge in [-0.2, -0.15) is 0 Å². The van der Waals surface area contributed by atoms with Gasteiger partial charge in [0.2, 0.25) is 0 Å². The minimum atomic E-state index is 0.214. The molecule has 0 amide bonds. The maximum atomic E-state index is 9.75. The first-order chi connectivity index (χ1) is 9.10. The first-order valence-electron chi connectivity index (χ1n) is 5.65. The maximum Gasteiger partial charge on any atom is 0.142 e. The van der Waals surface area contributed by atoms with Gasteiger partial charge in [-0.1, -0.05) is 27.5 Å². The van der Waals surface area contributed by atoms with Crippen molar-refractivity contribution in [2.45, 2.75) is 6.54 Å². The van der Waals surface area contributed by atoms with E-state index in [0.717, 1.165) is 21.5 Å². The molecule has 0 spiro atoms. The van der Waals surface area contributed by atoms with Crippen molar-refractivity contribution >= 4 is 33.2 Å². The number of benzene rings is 2. The van der Waals surface area contributed by atoms with Crippen molar-refractivity contribution in [1.82, 2.24) is 0 Å². The molecule has 0 bridgehead atoms. The zero-order valence-corrected chi connectivity index (χ0v) is 12.6. The minimum absolute atomic E-state index is 0.214. The summed E-state index contributed by atoms with van der Waals surface area (Å²) in [6.45, 7) is 0.458. The van der Waals surface area contributed by atoms with E-state index in [9.17, 15) is 5.11 Å². The number of halogens is 2. The van der Waals surface area contributed by atoms with E-state index in [1.54, 1.807) is 25.3 Å². The molecule has 0 aliphatic carbocycles. The molecule has 2 N–H and O–H groups in total. The van der Waals surface area contributed by atoms with Crippen molar-refractivity contribution < 1.29 is 9.84 Å². The maximum absolute atomic E-state index is 9.75. The molecule has 100 valence electrons. The van der Waals surface area contributed by atoms with E-state index < -0.39 is 0 Å². The number of nitrogens with one attached hydrogen (secondary N) is 1. The zero-order chi connectivity index (χ0) is 13.8. The van der Waals surface area contributed by atoms with E-state index in [0.29, 0.717) is 11.6 Å². The molecule has 0 saturated heterocycles. The number of anilines is 1. The molecule has 2 rings (SSSR count). The summed E-state index contributed by atoms with van der Waals surface area (Å²) in [6.07, 6.45) is 0. The van der Waals surface area contributed by atoms with Gasteiger partial charge in [0.25, 0.3) is 0 Å². The molecule has 3 nitrogen and oxygen atoms in total. The Hall–Kier alpha value is -1.39. The van der Waals surface area contributed by atoms with Crippen molar-refractivity contribution in [3.63, 3.8) is 0 Å².